The summed E-state index contributed by atoms with van der Waals surface area (Å²) < 4.78 is 0. The summed E-state index contributed by atoms with van der Waals surface area (Å²) in [5.74, 6) is 1.10. The van der Waals surface area contributed by atoms with Gasteiger partial charge in [-0.15, -0.1) is 22.7 Å². The van der Waals surface area contributed by atoms with Gasteiger partial charge in [0.1, 0.15) is 5.82 Å². The minimum Gasteiger partial charge on any atom is -0.355 e. The molecule has 5 nitrogen and oxygen atoms in total. The SMILES string of the molecule is O=C(C1CCCN(c2cnccn2)C1)N(Cc1cccs1)Cc1cccs1. The summed E-state index contributed by atoms with van der Waals surface area (Å²) in [6.07, 6.45) is 7.10. The molecule has 0 bridgehead atoms. The molecule has 0 aliphatic carbocycles. The number of carbonyl (C=O) groups is 1. The number of carbonyl (C=O) groups excluding carboxylic acids is 1. The number of aromatic nitrogens is 2. The Kier molecular flexibility index (Phi) is 5.79. The predicted molar refractivity (Wildman–Crippen MR) is 110 cm³/mol. The lowest BCUT2D eigenvalue weighted by Crippen LogP contribution is -2.44. The number of hydrogen-bond donors (Lipinski definition) is 0. The van der Waals surface area contributed by atoms with Gasteiger partial charge in [-0.05, 0) is 35.7 Å². The summed E-state index contributed by atoms with van der Waals surface area (Å²) >= 11 is 3.41. The van der Waals surface area contributed by atoms with Crippen molar-refractivity contribution in [3.63, 3.8) is 0 Å². The summed E-state index contributed by atoms with van der Waals surface area (Å²) in [6.45, 7) is 2.99. The van der Waals surface area contributed by atoms with Crippen LogP contribution in [0.2, 0.25) is 0 Å². The maximum Gasteiger partial charge on any atom is 0.228 e. The molecule has 1 atom stereocenters. The zero-order valence-electron chi connectivity index (χ0n) is 15.0. The van der Waals surface area contributed by atoms with E-state index in [1.807, 2.05) is 17.0 Å². The second kappa shape index (κ2) is 8.63. The van der Waals surface area contributed by atoms with E-state index in [1.165, 1.54) is 9.75 Å². The molecule has 7 heteroatoms. The van der Waals surface area contributed by atoms with Crippen LogP contribution in [0.3, 0.4) is 0 Å². The van der Waals surface area contributed by atoms with Gasteiger partial charge in [0.15, 0.2) is 0 Å². The molecule has 0 aromatic carbocycles. The van der Waals surface area contributed by atoms with Gasteiger partial charge in [0.25, 0.3) is 0 Å². The first-order valence-corrected chi connectivity index (χ1v) is 10.9. The van der Waals surface area contributed by atoms with Crippen molar-refractivity contribution in [1.29, 1.82) is 0 Å². The standard InChI is InChI=1S/C20H22N4OS2/c25-20(16-4-1-9-23(13-16)19-12-21-7-8-22-19)24(14-17-5-2-10-26-17)15-18-6-3-11-27-18/h2-3,5-8,10-12,16H,1,4,9,13-15H2. The molecular formula is C20H22N4OS2. The van der Waals surface area contributed by atoms with Gasteiger partial charge in [0.2, 0.25) is 5.91 Å². The smallest absolute Gasteiger partial charge is 0.228 e. The van der Waals surface area contributed by atoms with Crippen molar-refractivity contribution >= 4 is 34.4 Å². The monoisotopic (exact) mass is 398 g/mol. The summed E-state index contributed by atoms with van der Waals surface area (Å²) in [5, 5.41) is 4.14. The third-order valence-electron chi connectivity index (χ3n) is 4.81. The molecule has 0 N–H and O–H groups in total. The van der Waals surface area contributed by atoms with Crippen LogP contribution in [0.1, 0.15) is 22.6 Å². The van der Waals surface area contributed by atoms with Crippen LogP contribution in [0.25, 0.3) is 0 Å². The number of rotatable bonds is 6. The maximum absolute atomic E-state index is 13.4. The van der Waals surface area contributed by atoms with Crippen LogP contribution in [0, 0.1) is 5.92 Å². The van der Waals surface area contributed by atoms with Crippen LogP contribution in [0.5, 0.6) is 0 Å². The van der Waals surface area contributed by atoms with Crippen LogP contribution in [0.4, 0.5) is 5.82 Å². The van der Waals surface area contributed by atoms with Gasteiger partial charge in [-0.2, -0.15) is 0 Å². The van der Waals surface area contributed by atoms with Crippen LogP contribution in [0.15, 0.2) is 53.6 Å². The van der Waals surface area contributed by atoms with E-state index in [4.69, 9.17) is 0 Å². The zero-order valence-corrected chi connectivity index (χ0v) is 16.7. The second-order valence-corrected chi connectivity index (χ2v) is 8.77. The fourth-order valence-corrected chi connectivity index (χ4v) is 4.93. The number of amides is 1. The van der Waals surface area contributed by atoms with Crippen LogP contribution in [-0.4, -0.2) is 33.9 Å². The second-order valence-electron chi connectivity index (χ2n) is 6.70. The molecule has 4 heterocycles. The van der Waals surface area contributed by atoms with E-state index in [1.54, 1.807) is 41.3 Å². The molecular weight excluding hydrogens is 376 g/mol. The molecule has 1 saturated heterocycles. The first-order valence-electron chi connectivity index (χ1n) is 9.14. The Hall–Kier alpha value is -2.25. The lowest BCUT2D eigenvalue weighted by Gasteiger charge is -2.35. The molecule has 1 unspecified atom stereocenters. The van der Waals surface area contributed by atoms with Gasteiger partial charge < -0.3 is 9.80 Å². The van der Waals surface area contributed by atoms with E-state index in [0.717, 1.165) is 25.2 Å². The third-order valence-corrected chi connectivity index (χ3v) is 6.53. The first-order chi connectivity index (χ1) is 13.3. The number of anilines is 1. The molecule has 1 fully saturated rings. The van der Waals surface area contributed by atoms with Crippen LogP contribution < -0.4 is 4.90 Å². The van der Waals surface area contributed by atoms with Gasteiger partial charge in [-0.1, -0.05) is 12.1 Å². The van der Waals surface area contributed by atoms with E-state index in [-0.39, 0.29) is 11.8 Å². The molecule has 3 aromatic heterocycles. The van der Waals surface area contributed by atoms with E-state index in [2.05, 4.69) is 37.8 Å². The molecule has 140 valence electrons. The van der Waals surface area contributed by atoms with Crippen molar-refractivity contribution in [1.82, 2.24) is 14.9 Å². The average Bonchev–Trinajstić information content (AvgIpc) is 3.42. The van der Waals surface area contributed by atoms with Crippen molar-refractivity contribution < 1.29 is 4.79 Å². The van der Waals surface area contributed by atoms with E-state index >= 15 is 0 Å². The van der Waals surface area contributed by atoms with Crippen LogP contribution >= 0.6 is 22.7 Å². The van der Waals surface area contributed by atoms with Crippen molar-refractivity contribution in [2.45, 2.75) is 25.9 Å². The maximum atomic E-state index is 13.4. The lowest BCUT2D eigenvalue weighted by atomic mass is 9.96. The Morgan fingerprint density at radius 2 is 1.89 bits per heavy atom. The summed E-state index contributed by atoms with van der Waals surface area (Å²) in [6, 6.07) is 8.30. The highest BCUT2D eigenvalue weighted by atomic mass is 32.1. The number of nitrogens with zero attached hydrogens (tertiary/aromatic N) is 4. The van der Waals surface area contributed by atoms with Crippen molar-refractivity contribution in [3.05, 3.63) is 63.4 Å². The Morgan fingerprint density at radius 3 is 2.48 bits per heavy atom. The van der Waals surface area contributed by atoms with Gasteiger partial charge >= 0.3 is 0 Å². The molecule has 3 aromatic rings. The molecule has 0 saturated carbocycles. The lowest BCUT2D eigenvalue weighted by molar-refractivity contribution is -0.137. The Labute approximate surface area is 167 Å². The normalized spacial score (nSPS) is 17.0. The van der Waals surface area contributed by atoms with Gasteiger partial charge in [0.05, 0.1) is 25.2 Å². The summed E-state index contributed by atoms with van der Waals surface area (Å²) in [5.41, 5.74) is 0. The molecule has 0 spiro atoms. The van der Waals surface area contributed by atoms with Gasteiger partial charge in [-0.3, -0.25) is 9.78 Å². The molecule has 1 amide bonds. The Balaban J connectivity index is 1.49. The Morgan fingerprint density at radius 1 is 1.15 bits per heavy atom. The van der Waals surface area contributed by atoms with E-state index < -0.39 is 0 Å². The minimum atomic E-state index is 0.000630. The molecule has 0 radical (unpaired) electrons. The quantitative estimate of drug-likeness (QED) is 0.629. The van der Waals surface area contributed by atoms with Crippen molar-refractivity contribution in [2.24, 2.45) is 5.92 Å². The molecule has 4 rings (SSSR count). The van der Waals surface area contributed by atoms with Gasteiger partial charge in [0, 0.05) is 35.2 Å². The molecule has 1 aliphatic rings. The number of piperidine rings is 1. The zero-order chi connectivity index (χ0) is 18.5. The summed E-state index contributed by atoms with van der Waals surface area (Å²) in [7, 11) is 0. The first kappa shape index (κ1) is 18.1. The van der Waals surface area contributed by atoms with Gasteiger partial charge in [-0.25, -0.2) is 4.98 Å². The average molecular weight is 399 g/mol. The minimum absolute atomic E-state index is 0.000630. The highest BCUT2D eigenvalue weighted by Crippen LogP contribution is 2.25. The predicted octanol–water partition coefficient (Wildman–Crippen LogP) is 4.05. The van der Waals surface area contributed by atoms with E-state index in [0.29, 0.717) is 19.6 Å². The van der Waals surface area contributed by atoms with Crippen molar-refractivity contribution in [3.8, 4) is 0 Å². The fraction of sp³-hybridized carbons (Fsp3) is 0.350. The summed E-state index contributed by atoms with van der Waals surface area (Å²) in [4.78, 5) is 28.6. The number of thiophene rings is 2. The van der Waals surface area contributed by atoms with Crippen LogP contribution in [-0.2, 0) is 17.9 Å². The molecule has 27 heavy (non-hydrogen) atoms. The van der Waals surface area contributed by atoms with Crippen molar-refractivity contribution in [2.75, 3.05) is 18.0 Å². The highest BCUT2D eigenvalue weighted by Gasteiger charge is 2.30. The highest BCUT2D eigenvalue weighted by molar-refractivity contribution is 7.10. The molecule has 1 aliphatic heterocycles. The largest absolute Gasteiger partial charge is 0.355 e. The third kappa shape index (κ3) is 4.54. The number of hydrogen-bond acceptors (Lipinski definition) is 6. The van der Waals surface area contributed by atoms with E-state index in [9.17, 15) is 4.79 Å². The topological polar surface area (TPSA) is 49.3 Å². The Bertz CT molecular complexity index is 800. The fourth-order valence-electron chi connectivity index (χ4n) is 3.49.